The minimum absolute atomic E-state index is 0.345. The Morgan fingerprint density at radius 2 is 1.64 bits per heavy atom. The lowest BCUT2D eigenvalue weighted by Crippen LogP contribution is -2.11. The predicted molar refractivity (Wildman–Crippen MR) is 98.7 cm³/mol. The molecule has 2 aromatic carbocycles. The van der Waals surface area contributed by atoms with Crippen LogP contribution in [0.1, 0.15) is 5.56 Å². The molecule has 0 spiro atoms. The van der Waals surface area contributed by atoms with Crippen molar-refractivity contribution in [2.75, 3.05) is 0 Å². The lowest BCUT2D eigenvalue weighted by Gasteiger charge is -2.12. The van der Waals surface area contributed by atoms with Crippen LogP contribution in [0.5, 0.6) is 0 Å². The van der Waals surface area contributed by atoms with Crippen LogP contribution in [0.4, 0.5) is 0 Å². The summed E-state index contributed by atoms with van der Waals surface area (Å²) in [5, 5.41) is 0. The van der Waals surface area contributed by atoms with Gasteiger partial charge in [-0.25, -0.2) is 0 Å². The van der Waals surface area contributed by atoms with Crippen molar-refractivity contribution in [1.29, 1.82) is 0 Å². The van der Waals surface area contributed by atoms with Crippen molar-refractivity contribution in [1.82, 2.24) is 4.98 Å². The minimum atomic E-state index is 0.345. The third-order valence-electron chi connectivity index (χ3n) is 3.40. The van der Waals surface area contributed by atoms with Crippen LogP contribution < -0.4 is 5.73 Å². The summed E-state index contributed by atoms with van der Waals surface area (Å²) in [6, 6.07) is 20.1. The van der Waals surface area contributed by atoms with Crippen LogP contribution in [0.2, 0.25) is 0 Å². The normalized spacial score (nSPS) is 10.4. The first kappa shape index (κ1) is 14.9. The molecular formula is C18H13BrN2S. The molecule has 22 heavy (non-hydrogen) atoms. The van der Waals surface area contributed by atoms with E-state index in [-0.39, 0.29) is 0 Å². The molecule has 0 unspecified atom stereocenters. The molecular weight excluding hydrogens is 356 g/mol. The largest absolute Gasteiger partial charge is 0.389 e. The first-order chi connectivity index (χ1) is 10.7. The third kappa shape index (κ3) is 2.93. The Labute approximate surface area is 143 Å². The number of thiocarbonyl (C=S) groups is 1. The molecule has 3 aromatic rings. The van der Waals surface area contributed by atoms with Crippen LogP contribution in [0.25, 0.3) is 22.4 Å². The van der Waals surface area contributed by atoms with E-state index in [0.29, 0.717) is 4.99 Å². The van der Waals surface area contributed by atoms with Crippen molar-refractivity contribution in [2.24, 2.45) is 5.73 Å². The Morgan fingerprint density at radius 1 is 0.955 bits per heavy atom. The molecule has 2 N–H and O–H groups in total. The Balaban J connectivity index is 2.22. The van der Waals surface area contributed by atoms with Gasteiger partial charge in [-0.15, -0.1) is 0 Å². The number of hydrogen-bond acceptors (Lipinski definition) is 2. The van der Waals surface area contributed by atoms with Crippen molar-refractivity contribution in [3.05, 3.63) is 76.9 Å². The van der Waals surface area contributed by atoms with Gasteiger partial charge in [-0.2, -0.15) is 0 Å². The number of nitrogens with zero attached hydrogens (tertiary/aromatic N) is 1. The highest BCUT2D eigenvalue weighted by molar-refractivity contribution is 9.10. The van der Waals surface area contributed by atoms with Crippen LogP contribution in [0.15, 0.2) is 71.3 Å². The van der Waals surface area contributed by atoms with E-state index < -0.39 is 0 Å². The van der Waals surface area contributed by atoms with Crippen LogP contribution >= 0.6 is 28.1 Å². The first-order valence-electron chi connectivity index (χ1n) is 6.77. The Morgan fingerprint density at radius 3 is 2.32 bits per heavy atom. The number of halogens is 1. The van der Waals surface area contributed by atoms with E-state index in [0.717, 1.165) is 32.4 Å². The smallest absolute Gasteiger partial charge is 0.106 e. The molecule has 0 amide bonds. The highest BCUT2D eigenvalue weighted by atomic mass is 79.9. The van der Waals surface area contributed by atoms with Gasteiger partial charge in [-0.1, -0.05) is 76.7 Å². The van der Waals surface area contributed by atoms with Crippen molar-refractivity contribution < 1.29 is 0 Å². The Bertz CT molecular complexity index is 832. The molecule has 0 saturated heterocycles. The van der Waals surface area contributed by atoms with E-state index in [1.54, 1.807) is 6.20 Å². The SMILES string of the molecule is NC(=S)c1cnc(-c2ccccc2)cc1-c1ccccc1Br. The summed E-state index contributed by atoms with van der Waals surface area (Å²) in [5.41, 5.74) is 10.6. The summed E-state index contributed by atoms with van der Waals surface area (Å²) >= 11 is 8.77. The molecule has 108 valence electrons. The number of rotatable bonds is 3. The van der Waals surface area contributed by atoms with Gasteiger partial charge in [0.15, 0.2) is 0 Å². The molecule has 1 heterocycles. The topological polar surface area (TPSA) is 38.9 Å². The highest BCUT2D eigenvalue weighted by Crippen LogP contribution is 2.32. The second-order valence-corrected chi connectivity index (χ2v) is 6.12. The number of benzene rings is 2. The summed E-state index contributed by atoms with van der Waals surface area (Å²) < 4.78 is 0.998. The quantitative estimate of drug-likeness (QED) is 0.674. The summed E-state index contributed by atoms with van der Waals surface area (Å²) in [6.45, 7) is 0. The van der Waals surface area contributed by atoms with Crippen LogP contribution in [0, 0.1) is 0 Å². The number of aromatic nitrogens is 1. The zero-order valence-electron chi connectivity index (χ0n) is 11.7. The minimum Gasteiger partial charge on any atom is -0.389 e. The van der Waals surface area contributed by atoms with Gasteiger partial charge in [-0.05, 0) is 23.3 Å². The lowest BCUT2D eigenvalue weighted by atomic mass is 9.99. The van der Waals surface area contributed by atoms with Crippen LogP contribution in [-0.4, -0.2) is 9.97 Å². The van der Waals surface area contributed by atoms with Crippen molar-refractivity contribution in [3.63, 3.8) is 0 Å². The lowest BCUT2D eigenvalue weighted by molar-refractivity contribution is 1.31. The average molecular weight is 369 g/mol. The Hall–Kier alpha value is -2.04. The van der Waals surface area contributed by atoms with Gasteiger partial charge in [0.05, 0.1) is 5.69 Å². The highest BCUT2D eigenvalue weighted by Gasteiger charge is 2.12. The number of pyridine rings is 1. The summed E-state index contributed by atoms with van der Waals surface area (Å²) in [4.78, 5) is 4.85. The van der Waals surface area contributed by atoms with E-state index in [2.05, 4.69) is 20.9 Å². The molecule has 0 bridgehead atoms. The molecule has 2 nitrogen and oxygen atoms in total. The molecule has 0 atom stereocenters. The van der Waals surface area contributed by atoms with Gasteiger partial charge in [-0.3, -0.25) is 4.98 Å². The summed E-state index contributed by atoms with van der Waals surface area (Å²) in [6.07, 6.45) is 1.75. The molecule has 0 radical (unpaired) electrons. The molecule has 0 aliphatic rings. The van der Waals surface area contributed by atoms with E-state index >= 15 is 0 Å². The van der Waals surface area contributed by atoms with Crippen molar-refractivity contribution in [2.45, 2.75) is 0 Å². The maximum absolute atomic E-state index is 5.87. The van der Waals surface area contributed by atoms with E-state index in [1.165, 1.54) is 0 Å². The van der Waals surface area contributed by atoms with E-state index in [4.69, 9.17) is 18.0 Å². The fourth-order valence-electron chi connectivity index (χ4n) is 2.32. The zero-order chi connectivity index (χ0) is 15.5. The summed E-state index contributed by atoms with van der Waals surface area (Å²) in [5.74, 6) is 0. The maximum atomic E-state index is 5.87. The van der Waals surface area contributed by atoms with Crippen molar-refractivity contribution >= 4 is 33.1 Å². The van der Waals surface area contributed by atoms with Gasteiger partial charge in [0.2, 0.25) is 0 Å². The predicted octanol–water partition coefficient (Wildman–Crippen LogP) is 4.81. The van der Waals surface area contributed by atoms with Gasteiger partial charge in [0, 0.05) is 21.8 Å². The number of nitrogens with two attached hydrogens (primary N) is 1. The standard InChI is InChI=1S/C18H13BrN2S/c19-16-9-5-4-8-13(16)14-10-17(12-6-2-1-3-7-12)21-11-15(14)18(20)22/h1-11H,(H2,20,22). The summed E-state index contributed by atoms with van der Waals surface area (Å²) in [7, 11) is 0. The molecule has 0 aliphatic carbocycles. The van der Waals surface area contributed by atoms with Crippen LogP contribution in [0.3, 0.4) is 0 Å². The second-order valence-electron chi connectivity index (χ2n) is 4.83. The third-order valence-corrected chi connectivity index (χ3v) is 4.31. The van der Waals surface area contributed by atoms with E-state index in [9.17, 15) is 0 Å². The van der Waals surface area contributed by atoms with E-state index in [1.807, 2.05) is 60.7 Å². The number of hydrogen-bond donors (Lipinski definition) is 1. The molecule has 0 fully saturated rings. The van der Waals surface area contributed by atoms with Gasteiger partial charge in [0.1, 0.15) is 4.99 Å². The molecule has 0 saturated carbocycles. The van der Waals surface area contributed by atoms with Gasteiger partial charge in [0.25, 0.3) is 0 Å². The van der Waals surface area contributed by atoms with Crippen LogP contribution in [-0.2, 0) is 0 Å². The molecule has 1 aromatic heterocycles. The van der Waals surface area contributed by atoms with Gasteiger partial charge >= 0.3 is 0 Å². The fraction of sp³-hybridized carbons (Fsp3) is 0. The zero-order valence-corrected chi connectivity index (χ0v) is 14.1. The molecule has 0 aliphatic heterocycles. The Kier molecular flexibility index (Phi) is 4.32. The first-order valence-corrected chi connectivity index (χ1v) is 7.97. The van der Waals surface area contributed by atoms with Crippen molar-refractivity contribution in [3.8, 4) is 22.4 Å². The second kappa shape index (κ2) is 6.38. The molecule has 4 heteroatoms. The maximum Gasteiger partial charge on any atom is 0.106 e. The average Bonchev–Trinajstić information content (AvgIpc) is 2.55. The fourth-order valence-corrected chi connectivity index (χ4v) is 2.98. The monoisotopic (exact) mass is 368 g/mol. The molecule has 3 rings (SSSR count). The van der Waals surface area contributed by atoms with Gasteiger partial charge < -0.3 is 5.73 Å².